The van der Waals surface area contributed by atoms with Gasteiger partial charge in [-0.15, -0.1) is 0 Å². The molecule has 0 aromatic carbocycles. The van der Waals surface area contributed by atoms with Gasteiger partial charge in [0.15, 0.2) is 0 Å². The molecule has 1 saturated carbocycles. The molecule has 0 bridgehead atoms. The number of nitrogens with one attached hydrogen (secondary N) is 1. The highest BCUT2D eigenvalue weighted by Crippen LogP contribution is 2.30. The largest absolute Gasteiger partial charge is 0.388 e. The van der Waals surface area contributed by atoms with Crippen LogP contribution in [0.4, 0.5) is 0 Å². The third-order valence-electron chi connectivity index (χ3n) is 3.14. The summed E-state index contributed by atoms with van der Waals surface area (Å²) in [5.41, 5.74) is -0.228. The first kappa shape index (κ1) is 11.1. The molecule has 5 heteroatoms. The molecule has 16 heavy (non-hydrogen) atoms. The zero-order valence-electron chi connectivity index (χ0n) is 9.44. The van der Waals surface area contributed by atoms with Gasteiger partial charge >= 0.3 is 0 Å². The fourth-order valence-corrected chi connectivity index (χ4v) is 2.28. The third kappa shape index (κ3) is 2.24. The van der Waals surface area contributed by atoms with Gasteiger partial charge < -0.3 is 15.0 Å². The van der Waals surface area contributed by atoms with Crippen LogP contribution in [0.15, 0.2) is 12.5 Å². The number of imidazole rings is 1. The van der Waals surface area contributed by atoms with Gasteiger partial charge in [0, 0.05) is 13.6 Å². The predicted molar refractivity (Wildman–Crippen MR) is 59.0 cm³/mol. The zero-order chi connectivity index (χ0) is 11.6. The third-order valence-corrected chi connectivity index (χ3v) is 3.14. The lowest BCUT2D eigenvalue weighted by Crippen LogP contribution is -2.42. The van der Waals surface area contributed by atoms with Crippen molar-refractivity contribution < 1.29 is 9.90 Å². The van der Waals surface area contributed by atoms with Crippen LogP contribution < -0.4 is 0 Å². The molecule has 1 aromatic heterocycles. The summed E-state index contributed by atoms with van der Waals surface area (Å²) >= 11 is 0. The van der Waals surface area contributed by atoms with E-state index < -0.39 is 5.60 Å². The number of aromatic amines is 1. The van der Waals surface area contributed by atoms with Crippen LogP contribution in [0.5, 0.6) is 0 Å². The number of carbonyl (C=O) groups excluding carboxylic acids is 1. The molecule has 5 nitrogen and oxygen atoms in total. The van der Waals surface area contributed by atoms with Crippen molar-refractivity contribution in [2.45, 2.75) is 31.3 Å². The molecule has 88 valence electrons. The maximum atomic E-state index is 11.9. The first-order valence-corrected chi connectivity index (χ1v) is 5.57. The molecule has 1 amide bonds. The summed E-state index contributed by atoms with van der Waals surface area (Å²) in [7, 11) is 1.71. The van der Waals surface area contributed by atoms with Crippen LogP contribution in [0.1, 0.15) is 36.2 Å². The number of hydrogen-bond donors (Lipinski definition) is 2. The SMILES string of the molecule is CN(CC1(O)CCCC1)C(=O)c1cnc[nH]1. The zero-order valence-corrected chi connectivity index (χ0v) is 9.44. The Balaban J connectivity index is 1.97. The van der Waals surface area contributed by atoms with E-state index in [0.29, 0.717) is 12.2 Å². The van der Waals surface area contributed by atoms with Crippen molar-refractivity contribution in [2.24, 2.45) is 0 Å². The Hall–Kier alpha value is -1.36. The van der Waals surface area contributed by atoms with Crippen LogP contribution in [0, 0.1) is 0 Å². The molecule has 0 radical (unpaired) electrons. The number of amides is 1. The quantitative estimate of drug-likeness (QED) is 0.795. The van der Waals surface area contributed by atoms with Gasteiger partial charge in [-0.25, -0.2) is 4.98 Å². The minimum Gasteiger partial charge on any atom is -0.388 e. The van der Waals surface area contributed by atoms with Crippen molar-refractivity contribution in [3.63, 3.8) is 0 Å². The molecular formula is C11H17N3O2. The Labute approximate surface area is 94.5 Å². The molecule has 0 atom stereocenters. The average Bonchev–Trinajstić information content (AvgIpc) is 2.87. The van der Waals surface area contributed by atoms with E-state index in [9.17, 15) is 9.90 Å². The molecule has 0 spiro atoms. The lowest BCUT2D eigenvalue weighted by atomic mass is 10.0. The van der Waals surface area contributed by atoms with Crippen molar-refractivity contribution in [2.75, 3.05) is 13.6 Å². The fourth-order valence-electron chi connectivity index (χ4n) is 2.28. The second-order valence-electron chi connectivity index (χ2n) is 4.56. The van der Waals surface area contributed by atoms with E-state index in [2.05, 4.69) is 9.97 Å². The number of H-pyrrole nitrogens is 1. The summed E-state index contributed by atoms with van der Waals surface area (Å²) in [5.74, 6) is -0.127. The van der Waals surface area contributed by atoms with Gasteiger partial charge in [-0.1, -0.05) is 12.8 Å². The van der Waals surface area contributed by atoms with E-state index in [1.807, 2.05) is 0 Å². The highest BCUT2D eigenvalue weighted by molar-refractivity contribution is 5.91. The lowest BCUT2D eigenvalue weighted by Gasteiger charge is -2.28. The molecule has 2 rings (SSSR count). The highest BCUT2D eigenvalue weighted by atomic mass is 16.3. The number of rotatable bonds is 3. The smallest absolute Gasteiger partial charge is 0.271 e. The number of carbonyl (C=O) groups is 1. The predicted octanol–water partition coefficient (Wildman–Crippen LogP) is 0.787. The standard InChI is InChI=1S/C11H17N3O2/c1-14(7-11(16)4-2-3-5-11)10(15)9-6-12-8-13-9/h6,8,16H,2-5,7H2,1H3,(H,12,13). The lowest BCUT2D eigenvalue weighted by molar-refractivity contribution is 0.0155. The molecule has 1 aromatic rings. The summed E-state index contributed by atoms with van der Waals surface area (Å²) in [6.45, 7) is 0.394. The van der Waals surface area contributed by atoms with E-state index in [-0.39, 0.29) is 5.91 Å². The van der Waals surface area contributed by atoms with Gasteiger partial charge in [0.1, 0.15) is 5.69 Å². The molecule has 1 aliphatic rings. The Kier molecular flexibility index (Phi) is 2.96. The van der Waals surface area contributed by atoms with Gasteiger partial charge in [-0.05, 0) is 12.8 Å². The second kappa shape index (κ2) is 4.25. The average molecular weight is 223 g/mol. The first-order chi connectivity index (χ1) is 7.61. The number of hydrogen-bond acceptors (Lipinski definition) is 3. The normalized spacial score (nSPS) is 18.6. The molecular weight excluding hydrogens is 206 g/mol. The first-order valence-electron chi connectivity index (χ1n) is 5.57. The van der Waals surface area contributed by atoms with Crippen molar-refractivity contribution in [1.82, 2.24) is 14.9 Å². The Morgan fingerprint density at radius 1 is 1.62 bits per heavy atom. The van der Waals surface area contributed by atoms with Crippen molar-refractivity contribution in [1.29, 1.82) is 0 Å². The van der Waals surface area contributed by atoms with Gasteiger partial charge in [0.2, 0.25) is 0 Å². The van der Waals surface area contributed by atoms with Crippen LogP contribution in [0.25, 0.3) is 0 Å². The van der Waals surface area contributed by atoms with Crippen LogP contribution >= 0.6 is 0 Å². The molecule has 0 aliphatic heterocycles. The van der Waals surface area contributed by atoms with E-state index >= 15 is 0 Å². The van der Waals surface area contributed by atoms with Gasteiger partial charge in [-0.3, -0.25) is 4.79 Å². The van der Waals surface area contributed by atoms with E-state index in [4.69, 9.17) is 0 Å². The monoisotopic (exact) mass is 223 g/mol. The Morgan fingerprint density at radius 3 is 2.88 bits per heavy atom. The van der Waals surface area contributed by atoms with Crippen LogP contribution in [-0.4, -0.2) is 45.1 Å². The molecule has 0 unspecified atom stereocenters. The Bertz CT molecular complexity index is 355. The number of aliphatic hydroxyl groups is 1. The number of likely N-dealkylation sites (N-methyl/N-ethyl adjacent to an activating group) is 1. The maximum absolute atomic E-state index is 11.9. The highest BCUT2D eigenvalue weighted by Gasteiger charge is 2.33. The maximum Gasteiger partial charge on any atom is 0.271 e. The Morgan fingerprint density at radius 2 is 2.31 bits per heavy atom. The van der Waals surface area contributed by atoms with Crippen molar-refractivity contribution in [3.8, 4) is 0 Å². The molecule has 0 saturated heterocycles. The van der Waals surface area contributed by atoms with Gasteiger partial charge in [0.05, 0.1) is 18.1 Å². The minimum atomic E-state index is -0.690. The van der Waals surface area contributed by atoms with E-state index in [1.54, 1.807) is 11.9 Å². The number of nitrogens with zero attached hydrogens (tertiary/aromatic N) is 2. The molecule has 1 heterocycles. The van der Waals surface area contributed by atoms with Gasteiger partial charge in [0.25, 0.3) is 5.91 Å². The number of aromatic nitrogens is 2. The minimum absolute atomic E-state index is 0.127. The van der Waals surface area contributed by atoms with Crippen molar-refractivity contribution in [3.05, 3.63) is 18.2 Å². The van der Waals surface area contributed by atoms with Crippen molar-refractivity contribution >= 4 is 5.91 Å². The van der Waals surface area contributed by atoms with Crippen LogP contribution in [-0.2, 0) is 0 Å². The fraction of sp³-hybridized carbons (Fsp3) is 0.636. The molecule has 2 N–H and O–H groups in total. The molecule has 1 fully saturated rings. The van der Waals surface area contributed by atoms with Gasteiger partial charge in [-0.2, -0.15) is 0 Å². The van der Waals surface area contributed by atoms with E-state index in [1.165, 1.54) is 12.5 Å². The topological polar surface area (TPSA) is 69.2 Å². The van der Waals surface area contributed by atoms with Crippen LogP contribution in [0.3, 0.4) is 0 Å². The molecule has 1 aliphatic carbocycles. The van der Waals surface area contributed by atoms with Crippen LogP contribution in [0.2, 0.25) is 0 Å². The summed E-state index contributed by atoms with van der Waals surface area (Å²) in [5, 5.41) is 10.2. The summed E-state index contributed by atoms with van der Waals surface area (Å²) in [6.07, 6.45) is 6.63. The summed E-state index contributed by atoms with van der Waals surface area (Å²) in [4.78, 5) is 20.0. The summed E-state index contributed by atoms with van der Waals surface area (Å²) in [6, 6.07) is 0. The van der Waals surface area contributed by atoms with E-state index in [0.717, 1.165) is 25.7 Å². The second-order valence-corrected chi connectivity index (χ2v) is 4.56. The summed E-state index contributed by atoms with van der Waals surface area (Å²) < 4.78 is 0.